The number of nitrogens with one attached hydrogen (secondary N) is 1. The monoisotopic (exact) mass is 425 g/mol. The van der Waals surface area contributed by atoms with Crippen LogP contribution in [-0.2, 0) is 23.9 Å². The van der Waals surface area contributed by atoms with Crippen molar-refractivity contribution in [2.75, 3.05) is 6.61 Å². The molecule has 1 N–H and O–H groups in total. The van der Waals surface area contributed by atoms with Gasteiger partial charge in [-0.2, -0.15) is 0 Å². The number of carbonyl (C=O) groups is 3. The minimum absolute atomic E-state index is 0.0460. The maximum atomic E-state index is 11.5. The van der Waals surface area contributed by atoms with Crippen LogP contribution in [0.2, 0.25) is 0 Å². The molecule has 0 spiro atoms. The SMILES string of the molecule is CCCCCCCCCCCCC/C=C/[C@@H](OC(C)=O)[C@H](COC(C)=O)NC(C)=O. The lowest BCUT2D eigenvalue weighted by molar-refractivity contribution is -0.149. The lowest BCUT2D eigenvalue weighted by Crippen LogP contribution is -2.46. The Kier molecular flexibility index (Phi) is 18.0. The van der Waals surface area contributed by atoms with Crippen LogP contribution in [0, 0.1) is 0 Å². The fourth-order valence-electron chi connectivity index (χ4n) is 3.29. The van der Waals surface area contributed by atoms with Crippen LogP contribution in [0.15, 0.2) is 12.2 Å². The average Bonchev–Trinajstić information content (AvgIpc) is 2.67. The van der Waals surface area contributed by atoms with Crippen molar-refractivity contribution in [3.05, 3.63) is 12.2 Å². The summed E-state index contributed by atoms with van der Waals surface area (Å²) in [6.45, 7) is 6.20. The number of ether oxygens (including phenoxy) is 2. The molecule has 2 atom stereocenters. The van der Waals surface area contributed by atoms with E-state index >= 15 is 0 Å². The van der Waals surface area contributed by atoms with Crippen LogP contribution in [0.25, 0.3) is 0 Å². The molecule has 0 aliphatic heterocycles. The number of hydrogen-bond acceptors (Lipinski definition) is 5. The molecule has 0 rings (SSSR count). The fraction of sp³-hybridized carbons (Fsp3) is 0.792. The summed E-state index contributed by atoms with van der Waals surface area (Å²) in [6.07, 6.45) is 18.2. The van der Waals surface area contributed by atoms with Gasteiger partial charge in [-0.1, -0.05) is 77.2 Å². The molecule has 0 saturated carbocycles. The number of unbranched alkanes of at least 4 members (excludes halogenated alkanes) is 11. The molecule has 0 saturated heterocycles. The predicted octanol–water partition coefficient (Wildman–Crippen LogP) is 5.24. The van der Waals surface area contributed by atoms with Gasteiger partial charge in [-0.05, 0) is 18.9 Å². The van der Waals surface area contributed by atoms with Gasteiger partial charge in [0.2, 0.25) is 5.91 Å². The topological polar surface area (TPSA) is 81.7 Å². The van der Waals surface area contributed by atoms with E-state index in [1.54, 1.807) is 6.08 Å². The van der Waals surface area contributed by atoms with Crippen molar-refractivity contribution >= 4 is 17.8 Å². The fourth-order valence-corrected chi connectivity index (χ4v) is 3.29. The molecule has 174 valence electrons. The van der Waals surface area contributed by atoms with Crippen molar-refractivity contribution in [3.63, 3.8) is 0 Å². The van der Waals surface area contributed by atoms with E-state index in [9.17, 15) is 14.4 Å². The van der Waals surface area contributed by atoms with Crippen LogP contribution in [0.4, 0.5) is 0 Å². The van der Waals surface area contributed by atoms with Gasteiger partial charge in [-0.3, -0.25) is 14.4 Å². The molecule has 0 aliphatic rings. The zero-order valence-corrected chi connectivity index (χ0v) is 19.5. The molecule has 0 unspecified atom stereocenters. The molecular weight excluding hydrogens is 382 g/mol. The first kappa shape index (κ1) is 28.1. The molecule has 0 aromatic carbocycles. The molecule has 30 heavy (non-hydrogen) atoms. The molecule has 6 nitrogen and oxygen atoms in total. The zero-order chi connectivity index (χ0) is 22.6. The predicted molar refractivity (Wildman–Crippen MR) is 120 cm³/mol. The van der Waals surface area contributed by atoms with Crippen LogP contribution in [0.5, 0.6) is 0 Å². The quantitative estimate of drug-likeness (QED) is 0.184. The standard InChI is InChI=1S/C24H43NO5/c1-5-6-7-8-9-10-11-12-13-14-15-16-17-18-24(30-22(4)28)23(25-20(2)26)19-29-21(3)27/h17-18,23-24H,5-16,19H2,1-4H3,(H,25,26)/b18-17+/t23-,24+/m0/s1. The third-order valence-electron chi connectivity index (χ3n) is 4.85. The number of carbonyl (C=O) groups excluding carboxylic acids is 3. The Bertz CT molecular complexity index is 504. The lowest BCUT2D eigenvalue weighted by Gasteiger charge is -2.24. The van der Waals surface area contributed by atoms with E-state index in [0.29, 0.717) is 0 Å². The molecule has 0 aromatic heterocycles. The van der Waals surface area contributed by atoms with Gasteiger partial charge in [-0.25, -0.2) is 0 Å². The normalized spacial score (nSPS) is 13.1. The van der Waals surface area contributed by atoms with Gasteiger partial charge in [0.05, 0.1) is 0 Å². The number of allylic oxidation sites excluding steroid dienone is 1. The van der Waals surface area contributed by atoms with Crippen LogP contribution in [-0.4, -0.2) is 36.6 Å². The average molecular weight is 426 g/mol. The second-order valence-electron chi connectivity index (χ2n) is 7.94. The van der Waals surface area contributed by atoms with Crippen LogP contribution in [0.3, 0.4) is 0 Å². The highest BCUT2D eigenvalue weighted by Crippen LogP contribution is 2.12. The minimum atomic E-state index is -0.668. The van der Waals surface area contributed by atoms with Gasteiger partial charge < -0.3 is 14.8 Å². The summed E-state index contributed by atoms with van der Waals surface area (Å²) in [4.78, 5) is 34.0. The van der Waals surface area contributed by atoms with Crippen molar-refractivity contribution in [3.8, 4) is 0 Å². The van der Waals surface area contributed by atoms with Gasteiger partial charge >= 0.3 is 11.9 Å². The molecule has 0 aromatic rings. The maximum Gasteiger partial charge on any atom is 0.303 e. The molecule has 0 bridgehead atoms. The largest absolute Gasteiger partial charge is 0.464 e. The first-order valence-corrected chi connectivity index (χ1v) is 11.6. The van der Waals surface area contributed by atoms with Gasteiger partial charge in [0.25, 0.3) is 0 Å². The summed E-state index contributed by atoms with van der Waals surface area (Å²) in [6, 6.07) is -0.608. The third-order valence-corrected chi connectivity index (χ3v) is 4.85. The summed E-state index contributed by atoms with van der Waals surface area (Å²) >= 11 is 0. The lowest BCUT2D eigenvalue weighted by atomic mass is 10.0. The van der Waals surface area contributed by atoms with Crippen molar-refractivity contribution in [1.29, 1.82) is 0 Å². The Morgan fingerprint density at radius 1 is 0.800 bits per heavy atom. The van der Waals surface area contributed by atoms with Crippen molar-refractivity contribution in [2.45, 2.75) is 117 Å². The van der Waals surface area contributed by atoms with E-state index in [1.165, 1.54) is 85.0 Å². The Labute approximate surface area is 183 Å². The Morgan fingerprint density at radius 3 is 1.80 bits per heavy atom. The summed E-state index contributed by atoms with van der Waals surface area (Å²) in [5.74, 6) is -1.17. The van der Waals surface area contributed by atoms with Crippen molar-refractivity contribution in [2.24, 2.45) is 0 Å². The van der Waals surface area contributed by atoms with E-state index in [-0.39, 0.29) is 12.5 Å². The Balaban J connectivity index is 4.19. The van der Waals surface area contributed by atoms with Gasteiger partial charge in [-0.15, -0.1) is 0 Å². The van der Waals surface area contributed by atoms with Gasteiger partial charge in [0, 0.05) is 20.8 Å². The molecule has 0 aliphatic carbocycles. The van der Waals surface area contributed by atoms with E-state index in [0.717, 1.165) is 12.8 Å². The number of esters is 2. The molecule has 0 fully saturated rings. The highest BCUT2D eigenvalue weighted by atomic mass is 16.6. The second-order valence-corrected chi connectivity index (χ2v) is 7.94. The first-order chi connectivity index (χ1) is 14.4. The van der Waals surface area contributed by atoms with Crippen molar-refractivity contribution < 1.29 is 23.9 Å². The van der Waals surface area contributed by atoms with Gasteiger partial charge in [0.15, 0.2) is 0 Å². The minimum Gasteiger partial charge on any atom is -0.464 e. The van der Waals surface area contributed by atoms with Crippen LogP contribution >= 0.6 is 0 Å². The summed E-state index contributed by atoms with van der Waals surface area (Å²) in [5.41, 5.74) is 0. The van der Waals surface area contributed by atoms with Gasteiger partial charge in [0.1, 0.15) is 18.8 Å². The van der Waals surface area contributed by atoms with E-state index < -0.39 is 24.1 Å². The van der Waals surface area contributed by atoms with Crippen LogP contribution < -0.4 is 5.32 Å². The van der Waals surface area contributed by atoms with E-state index in [4.69, 9.17) is 9.47 Å². The first-order valence-electron chi connectivity index (χ1n) is 11.6. The maximum absolute atomic E-state index is 11.5. The second kappa shape index (κ2) is 19.1. The smallest absolute Gasteiger partial charge is 0.303 e. The van der Waals surface area contributed by atoms with Crippen molar-refractivity contribution in [1.82, 2.24) is 5.32 Å². The van der Waals surface area contributed by atoms with E-state index in [2.05, 4.69) is 12.2 Å². The number of hydrogen-bond donors (Lipinski definition) is 1. The summed E-state index contributed by atoms with van der Waals surface area (Å²) in [7, 11) is 0. The summed E-state index contributed by atoms with van der Waals surface area (Å²) < 4.78 is 10.3. The molecular formula is C24H43NO5. The van der Waals surface area contributed by atoms with E-state index in [1.807, 2.05) is 6.08 Å². The molecule has 6 heteroatoms. The Hall–Kier alpha value is -1.85. The molecule has 0 radical (unpaired) electrons. The number of rotatable bonds is 18. The summed E-state index contributed by atoms with van der Waals surface area (Å²) in [5, 5.41) is 2.69. The highest BCUT2D eigenvalue weighted by molar-refractivity contribution is 5.73. The number of amides is 1. The van der Waals surface area contributed by atoms with Crippen LogP contribution in [0.1, 0.15) is 105 Å². The molecule has 1 amide bonds. The third kappa shape index (κ3) is 18.2. The highest BCUT2D eigenvalue weighted by Gasteiger charge is 2.24. The molecule has 0 heterocycles. The Morgan fingerprint density at radius 2 is 1.33 bits per heavy atom. The zero-order valence-electron chi connectivity index (χ0n) is 19.5.